The molecule has 5 nitrogen and oxygen atoms in total. The number of alkyl halides is 1. The average Bonchev–Trinajstić information content (AvgIpc) is 2.82. The molecular formula is C14H17BrN2O3. The number of aromatic nitrogens is 1. The van der Waals surface area contributed by atoms with Gasteiger partial charge in [-0.3, -0.25) is 4.79 Å². The molecule has 0 fully saturated rings. The van der Waals surface area contributed by atoms with Crippen molar-refractivity contribution in [2.45, 2.75) is 11.2 Å². The van der Waals surface area contributed by atoms with Crippen molar-refractivity contribution in [1.29, 1.82) is 0 Å². The lowest BCUT2D eigenvalue weighted by molar-refractivity contribution is -0.129. The van der Waals surface area contributed by atoms with Crippen molar-refractivity contribution < 1.29 is 14.1 Å². The molecule has 6 heteroatoms. The number of carbonyl (C=O) groups is 1. The summed E-state index contributed by atoms with van der Waals surface area (Å²) in [5.41, 5.74) is 1.38. The Kier molecular flexibility index (Phi) is 5.14. The standard InChI is InChI=1S/C14H17BrN2O3/c1-17(8-10(15)9-19-2)14(18)7-12-11-5-3-4-6-13(11)20-16-12/h3-6,10H,7-9H2,1-2H3. The van der Waals surface area contributed by atoms with E-state index in [9.17, 15) is 4.79 Å². The summed E-state index contributed by atoms with van der Waals surface area (Å²) in [6.45, 7) is 1.15. The number of ether oxygens (including phenoxy) is 1. The molecule has 0 saturated heterocycles. The molecule has 0 aliphatic heterocycles. The molecule has 2 aromatic rings. The summed E-state index contributed by atoms with van der Waals surface area (Å²) in [6.07, 6.45) is 0.236. The van der Waals surface area contributed by atoms with Gasteiger partial charge in [-0.2, -0.15) is 0 Å². The van der Waals surface area contributed by atoms with Crippen molar-refractivity contribution in [3.63, 3.8) is 0 Å². The summed E-state index contributed by atoms with van der Waals surface area (Å²) in [5.74, 6) is 0.00426. The SMILES string of the molecule is COCC(Br)CN(C)C(=O)Cc1noc2ccccc12. The van der Waals surface area contributed by atoms with E-state index in [2.05, 4.69) is 21.1 Å². The Morgan fingerprint density at radius 2 is 2.25 bits per heavy atom. The zero-order valence-electron chi connectivity index (χ0n) is 11.5. The van der Waals surface area contributed by atoms with E-state index >= 15 is 0 Å². The second-order valence-electron chi connectivity index (χ2n) is 4.63. The Hall–Kier alpha value is -1.40. The second kappa shape index (κ2) is 6.85. The largest absolute Gasteiger partial charge is 0.383 e. The summed E-state index contributed by atoms with van der Waals surface area (Å²) in [4.78, 5) is 14.0. The van der Waals surface area contributed by atoms with E-state index in [0.717, 1.165) is 5.39 Å². The highest BCUT2D eigenvalue weighted by Crippen LogP contribution is 2.18. The molecule has 1 amide bonds. The highest BCUT2D eigenvalue weighted by molar-refractivity contribution is 9.09. The summed E-state index contributed by atoms with van der Waals surface area (Å²) in [6, 6.07) is 7.54. The van der Waals surface area contributed by atoms with Crippen LogP contribution in [0.25, 0.3) is 11.0 Å². The molecule has 20 heavy (non-hydrogen) atoms. The lowest BCUT2D eigenvalue weighted by atomic mass is 10.1. The van der Waals surface area contributed by atoms with Crippen molar-refractivity contribution in [1.82, 2.24) is 10.1 Å². The minimum absolute atomic E-state index is 0.00426. The zero-order chi connectivity index (χ0) is 14.5. The van der Waals surface area contributed by atoms with Gasteiger partial charge in [0.2, 0.25) is 5.91 Å². The summed E-state index contributed by atoms with van der Waals surface area (Å²) in [7, 11) is 3.41. The van der Waals surface area contributed by atoms with Crippen LogP contribution in [0.5, 0.6) is 0 Å². The Labute approximate surface area is 126 Å². The number of benzene rings is 1. The van der Waals surface area contributed by atoms with Crippen molar-refractivity contribution in [3.8, 4) is 0 Å². The van der Waals surface area contributed by atoms with Crippen molar-refractivity contribution >= 4 is 32.8 Å². The van der Waals surface area contributed by atoms with Crippen molar-refractivity contribution in [2.75, 3.05) is 27.3 Å². The van der Waals surface area contributed by atoms with E-state index in [1.807, 2.05) is 24.3 Å². The lowest BCUT2D eigenvalue weighted by Gasteiger charge is -2.19. The average molecular weight is 341 g/mol. The summed E-state index contributed by atoms with van der Waals surface area (Å²) < 4.78 is 10.2. The van der Waals surface area contributed by atoms with Crippen molar-refractivity contribution in [3.05, 3.63) is 30.0 Å². The third-order valence-corrected chi connectivity index (χ3v) is 3.57. The number of fused-ring (bicyclic) bond motifs is 1. The number of hydrogen-bond acceptors (Lipinski definition) is 4. The van der Waals surface area contributed by atoms with E-state index in [4.69, 9.17) is 9.26 Å². The second-order valence-corrected chi connectivity index (χ2v) is 5.92. The molecule has 0 aliphatic rings. The molecular weight excluding hydrogens is 324 g/mol. The molecule has 0 radical (unpaired) electrons. The molecule has 0 spiro atoms. The number of amides is 1. The van der Waals surface area contributed by atoms with Crippen LogP contribution in [0.4, 0.5) is 0 Å². The predicted octanol–water partition coefficient (Wildman–Crippen LogP) is 2.24. The number of carbonyl (C=O) groups excluding carboxylic acids is 1. The Bertz CT molecular complexity index is 585. The van der Waals surface area contributed by atoms with Gasteiger partial charge in [0.1, 0.15) is 5.69 Å². The van der Waals surface area contributed by atoms with Crippen LogP contribution in [-0.2, 0) is 16.0 Å². The van der Waals surface area contributed by atoms with E-state index in [1.165, 1.54) is 0 Å². The summed E-state index contributed by atoms with van der Waals surface area (Å²) >= 11 is 3.47. The van der Waals surface area contributed by atoms with Gasteiger partial charge in [-0.15, -0.1) is 0 Å². The highest BCUT2D eigenvalue weighted by Gasteiger charge is 2.17. The lowest BCUT2D eigenvalue weighted by Crippen LogP contribution is -2.34. The molecule has 0 bridgehead atoms. The van der Waals surface area contributed by atoms with E-state index in [1.54, 1.807) is 19.1 Å². The Morgan fingerprint density at radius 3 is 3.00 bits per heavy atom. The van der Waals surface area contributed by atoms with Gasteiger partial charge in [0.05, 0.1) is 17.9 Å². The van der Waals surface area contributed by atoms with Crippen LogP contribution in [0.3, 0.4) is 0 Å². The molecule has 1 heterocycles. The monoisotopic (exact) mass is 340 g/mol. The number of para-hydroxylation sites is 1. The maximum absolute atomic E-state index is 12.2. The molecule has 108 valence electrons. The molecule has 2 rings (SSSR count). The number of likely N-dealkylation sites (N-methyl/N-ethyl adjacent to an activating group) is 1. The fraction of sp³-hybridized carbons (Fsp3) is 0.429. The van der Waals surface area contributed by atoms with Gasteiger partial charge < -0.3 is 14.2 Å². The molecule has 1 aromatic heterocycles. The third kappa shape index (κ3) is 3.58. The van der Waals surface area contributed by atoms with Gasteiger partial charge in [0, 0.05) is 26.1 Å². The Balaban J connectivity index is 2.00. The van der Waals surface area contributed by atoms with Gasteiger partial charge >= 0.3 is 0 Å². The smallest absolute Gasteiger partial charge is 0.228 e. The van der Waals surface area contributed by atoms with Gasteiger partial charge in [-0.1, -0.05) is 33.2 Å². The number of nitrogens with zero attached hydrogens (tertiary/aromatic N) is 2. The first-order valence-electron chi connectivity index (χ1n) is 6.32. The quantitative estimate of drug-likeness (QED) is 0.756. The van der Waals surface area contributed by atoms with Crippen LogP contribution >= 0.6 is 15.9 Å². The van der Waals surface area contributed by atoms with E-state index < -0.39 is 0 Å². The van der Waals surface area contributed by atoms with Gasteiger partial charge in [0.25, 0.3) is 0 Å². The third-order valence-electron chi connectivity index (χ3n) is 3.02. The van der Waals surface area contributed by atoms with Gasteiger partial charge in [-0.25, -0.2) is 0 Å². The topological polar surface area (TPSA) is 55.6 Å². The molecule has 1 unspecified atom stereocenters. The fourth-order valence-electron chi connectivity index (χ4n) is 1.98. The molecule has 0 N–H and O–H groups in total. The zero-order valence-corrected chi connectivity index (χ0v) is 13.1. The maximum atomic E-state index is 12.2. The van der Waals surface area contributed by atoms with Gasteiger partial charge in [0.15, 0.2) is 5.58 Å². The fourth-order valence-corrected chi connectivity index (χ4v) is 2.68. The predicted molar refractivity (Wildman–Crippen MR) is 79.9 cm³/mol. The number of halogens is 1. The van der Waals surface area contributed by atoms with Crippen LogP contribution in [0.2, 0.25) is 0 Å². The molecule has 1 atom stereocenters. The van der Waals surface area contributed by atoms with Crippen LogP contribution in [-0.4, -0.2) is 48.1 Å². The highest BCUT2D eigenvalue weighted by atomic mass is 79.9. The van der Waals surface area contributed by atoms with Crippen LogP contribution in [0.1, 0.15) is 5.69 Å². The number of hydrogen-bond donors (Lipinski definition) is 0. The van der Waals surface area contributed by atoms with Crippen LogP contribution in [0.15, 0.2) is 28.8 Å². The first-order chi connectivity index (χ1) is 9.61. The first kappa shape index (κ1) is 15.0. The number of rotatable bonds is 6. The van der Waals surface area contributed by atoms with Crippen LogP contribution < -0.4 is 0 Å². The molecule has 1 aromatic carbocycles. The molecule has 0 saturated carbocycles. The van der Waals surface area contributed by atoms with Gasteiger partial charge in [-0.05, 0) is 12.1 Å². The Morgan fingerprint density at radius 1 is 1.50 bits per heavy atom. The first-order valence-corrected chi connectivity index (χ1v) is 7.23. The minimum Gasteiger partial charge on any atom is -0.383 e. The van der Waals surface area contributed by atoms with E-state index in [-0.39, 0.29) is 17.2 Å². The normalized spacial score (nSPS) is 12.6. The minimum atomic E-state index is 0.00426. The maximum Gasteiger partial charge on any atom is 0.228 e. The van der Waals surface area contributed by atoms with E-state index in [0.29, 0.717) is 24.4 Å². The van der Waals surface area contributed by atoms with Crippen molar-refractivity contribution in [2.24, 2.45) is 0 Å². The van der Waals surface area contributed by atoms with Crippen LogP contribution in [0, 0.1) is 0 Å². The summed E-state index contributed by atoms with van der Waals surface area (Å²) in [5, 5.41) is 4.86. The number of methoxy groups -OCH3 is 1. The molecule has 0 aliphatic carbocycles.